The van der Waals surface area contributed by atoms with Gasteiger partial charge < -0.3 is 10.5 Å². The van der Waals surface area contributed by atoms with Crippen LogP contribution in [0.4, 0.5) is 0 Å². The van der Waals surface area contributed by atoms with Gasteiger partial charge >= 0.3 is 0 Å². The fourth-order valence-electron chi connectivity index (χ4n) is 2.14. The highest BCUT2D eigenvalue weighted by molar-refractivity contribution is 6.29. The molecule has 4 nitrogen and oxygen atoms in total. The lowest BCUT2D eigenvalue weighted by atomic mass is 10.2. The molecule has 2 aromatic rings. The molecule has 0 radical (unpaired) electrons. The number of halogens is 1. The molecule has 2 N–H and O–H groups in total. The summed E-state index contributed by atoms with van der Waals surface area (Å²) in [7, 11) is 1.67. The van der Waals surface area contributed by atoms with Crippen LogP contribution in [0.5, 0.6) is 5.75 Å². The van der Waals surface area contributed by atoms with E-state index in [0.717, 1.165) is 30.9 Å². The number of benzene rings is 1. The van der Waals surface area contributed by atoms with Gasteiger partial charge in [-0.15, -0.1) is 0 Å². The van der Waals surface area contributed by atoms with E-state index in [1.54, 1.807) is 13.3 Å². The number of nitrogens with zero attached hydrogens (tertiary/aromatic N) is 2. The fourth-order valence-corrected chi connectivity index (χ4v) is 2.26. The van der Waals surface area contributed by atoms with Gasteiger partial charge in [0, 0.05) is 32.4 Å². The van der Waals surface area contributed by atoms with Gasteiger partial charge in [0.2, 0.25) is 0 Å². The molecule has 2 rings (SSSR count). The monoisotopic (exact) mass is 305 g/mol. The molecule has 0 saturated heterocycles. The molecule has 0 aliphatic heterocycles. The van der Waals surface area contributed by atoms with Gasteiger partial charge in [0.25, 0.3) is 0 Å². The molecule has 1 aromatic heterocycles. The number of ether oxygens (including phenoxy) is 1. The Balaban J connectivity index is 2.02. The second-order valence-corrected chi connectivity index (χ2v) is 5.22. The lowest BCUT2D eigenvalue weighted by Gasteiger charge is -2.21. The molecular weight excluding hydrogens is 286 g/mol. The summed E-state index contributed by atoms with van der Waals surface area (Å²) in [6.07, 6.45) is 1.81. The summed E-state index contributed by atoms with van der Waals surface area (Å²) in [6, 6.07) is 11.9. The van der Waals surface area contributed by atoms with Crippen LogP contribution >= 0.6 is 11.6 Å². The van der Waals surface area contributed by atoms with Crippen LogP contribution in [0, 0.1) is 0 Å². The summed E-state index contributed by atoms with van der Waals surface area (Å²) in [5.41, 5.74) is 8.06. The summed E-state index contributed by atoms with van der Waals surface area (Å²) >= 11 is 5.81. The zero-order chi connectivity index (χ0) is 15.1. The zero-order valence-corrected chi connectivity index (χ0v) is 12.9. The van der Waals surface area contributed by atoms with Crippen LogP contribution in [0.1, 0.15) is 11.1 Å². The number of hydrogen-bond donors (Lipinski definition) is 1. The van der Waals surface area contributed by atoms with Crippen molar-refractivity contribution in [3.05, 3.63) is 58.9 Å². The minimum atomic E-state index is 0.513. The minimum absolute atomic E-state index is 0.513. The maximum atomic E-state index is 5.81. The Morgan fingerprint density at radius 1 is 1.10 bits per heavy atom. The van der Waals surface area contributed by atoms with Crippen LogP contribution in [0.3, 0.4) is 0 Å². The molecule has 0 saturated carbocycles. The molecule has 0 spiro atoms. The van der Waals surface area contributed by atoms with E-state index in [1.807, 2.05) is 24.3 Å². The van der Waals surface area contributed by atoms with Crippen LogP contribution < -0.4 is 10.5 Å². The Bertz CT molecular complexity index is 542. The van der Waals surface area contributed by atoms with E-state index in [4.69, 9.17) is 22.1 Å². The SMILES string of the molecule is COc1ccc(CN(CCN)Cc2ccc(Cl)nc2)cc1. The van der Waals surface area contributed by atoms with Crippen molar-refractivity contribution >= 4 is 11.6 Å². The van der Waals surface area contributed by atoms with Crippen LogP contribution in [-0.4, -0.2) is 30.1 Å². The molecule has 1 aromatic carbocycles. The first-order chi connectivity index (χ1) is 10.2. The molecular formula is C16H20ClN3O. The van der Waals surface area contributed by atoms with Gasteiger partial charge in [-0.2, -0.15) is 0 Å². The van der Waals surface area contributed by atoms with E-state index in [2.05, 4.69) is 22.0 Å². The molecule has 21 heavy (non-hydrogen) atoms. The Morgan fingerprint density at radius 3 is 2.33 bits per heavy atom. The highest BCUT2D eigenvalue weighted by Gasteiger charge is 2.07. The van der Waals surface area contributed by atoms with Crippen LogP contribution in [0.2, 0.25) is 5.15 Å². The Hall–Kier alpha value is -1.62. The number of nitrogens with two attached hydrogens (primary N) is 1. The van der Waals surface area contributed by atoms with Crippen molar-refractivity contribution in [1.82, 2.24) is 9.88 Å². The summed E-state index contributed by atoms with van der Waals surface area (Å²) in [4.78, 5) is 6.40. The van der Waals surface area contributed by atoms with Gasteiger partial charge in [0.15, 0.2) is 0 Å². The normalized spacial score (nSPS) is 10.9. The first-order valence-corrected chi connectivity index (χ1v) is 7.25. The molecule has 1 heterocycles. The molecule has 0 unspecified atom stereocenters. The van der Waals surface area contributed by atoms with Crippen LogP contribution in [-0.2, 0) is 13.1 Å². The van der Waals surface area contributed by atoms with E-state index in [9.17, 15) is 0 Å². The van der Waals surface area contributed by atoms with Crippen LogP contribution in [0.15, 0.2) is 42.6 Å². The largest absolute Gasteiger partial charge is 0.497 e. The number of aromatic nitrogens is 1. The van der Waals surface area contributed by atoms with Gasteiger partial charge in [-0.05, 0) is 29.3 Å². The molecule has 0 bridgehead atoms. The second-order valence-electron chi connectivity index (χ2n) is 4.84. The predicted octanol–water partition coefficient (Wildman–Crippen LogP) is 2.70. The number of hydrogen-bond acceptors (Lipinski definition) is 4. The standard InChI is InChI=1S/C16H20ClN3O/c1-21-15-5-2-13(3-6-15)11-20(9-8-18)12-14-4-7-16(17)19-10-14/h2-7,10H,8-9,11-12,18H2,1H3. The molecule has 0 atom stereocenters. The smallest absolute Gasteiger partial charge is 0.129 e. The average molecular weight is 306 g/mol. The number of pyridine rings is 1. The third kappa shape index (κ3) is 5.01. The van der Waals surface area contributed by atoms with E-state index in [1.165, 1.54) is 5.56 Å². The summed E-state index contributed by atoms with van der Waals surface area (Å²) in [6.45, 7) is 3.09. The lowest BCUT2D eigenvalue weighted by Crippen LogP contribution is -2.28. The third-order valence-electron chi connectivity index (χ3n) is 3.21. The molecule has 0 aliphatic carbocycles. The summed E-state index contributed by atoms with van der Waals surface area (Å²) in [5.74, 6) is 0.867. The van der Waals surface area contributed by atoms with Crippen molar-refractivity contribution in [3.63, 3.8) is 0 Å². The fraction of sp³-hybridized carbons (Fsp3) is 0.312. The summed E-state index contributed by atoms with van der Waals surface area (Å²) < 4.78 is 5.17. The summed E-state index contributed by atoms with van der Waals surface area (Å²) in [5, 5.41) is 0.513. The number of methoxy groups -OCH3 is 1. The van der Waals surface area contributed by atoms with Gasteiger partial charge in [0.05, 0.1) is 7.11 Å². The van der Waals surface area contributed by atoms with Gasteiger partial charge in [-0.1, -0.05) is 29.8 Å². The quantitative estimate of drug-likeness (QED) is 0.799. The van der Waals surface area contributed by atoms with E-state index in [-0.39, 0.29) is 0 Å². The van der Waals surface area contributed by atoms with Gasteiger partial charge in [-0.25, -0.2) is 4.98 Å². The van der Waals surface area contributed by atoms with Crippen LogP contribution in [0.25, 0.3) is 0 Å². The van der Waals surface area contributed by atoms with E-state index < -0.39 is 0 Å². The first-order valence-electron chi connectivity index (χ1n) is 6.87. The maximum absolute atomic E-state index is 5.81. The predicted molar refractivity (Wildman–Crippen MR) is 85.4 cm³/mol. The highest BCUT2D eigenvalue weighted by atomic mass is 35.5. The van der Waals surface area contributed by atoms with Gasteiger partial charge in [-0.3, -0.25) is 4.90 Å². The molecule has 0 aliphatic rings. The minimum Gasteiger partial charge on any atom is -0.497 e. The van der Waals surface area contributed by atoms with E-state index in [0.29, 0.717) is 11.7 Å². The zero-order valence-electron chi connectivity index (χ0n) is 12.1. The van der Waals surface area contributed by atoms with Crippen molar-refractivity contribution in [2.24, 2.45) is 5.73 Å². The van der Waals surface area contributed by atoms with Crippen molar-refractivity contribution in [1.29, 1.82) is 0 Å². The Kier molecular flexibility index (Phi) is 5.99. The lowest BCUT2D eigenvalue weighted by molar-refractivity contribution is 0.264. The van der Waals surface area contributed by atoms with Crippen molar-refractivity contribution < 1.29 is 4.74 Å². The average Bonchev–Trinajstić information content (AvgIpc) is 2.50. The molecule has 5 heteroatoms. The third-order valence-corrected chi connectivity index (χ3v) is 3.43. The Labute approximate surface area is 130 Å². The van der Waals surface area contributed by atoms with Crippen molar-refractivity contribution in [2.45, 2.75) is 13.1 Å². The highest BCUT2D eigenvalue weighted by Crippen LogP contribution is 2.15. The van der Waals surface area contributed by atoms with Gasteiger partial charge in [0.1, 0.15) is 10.9 Å². The number of rotatable bonds is 7. The van der Waals surface area contributed by atoms with Crippen molar-refractivity contribution in [3.8, 4) is 5.75 Å². The Morgan fingerprint density at radius 2 is 1.76 bits per heavy atom. The van der Waals surface area contributed by atoms with Crippen molar-refractivity contribution in [2.75, 3.05) is 20.2 Å². The van der Waals surface area contributed by atoms with E-state index >= 15 is 0 Å². The molecule has 0 amide bonds. The maximum Gasteiger partial charge on any atom is 0.129 e. The first kappa shape index (κ1) is 15.8. The molecule has 112 valence electrons. The molecule has 0 fully saturated rings. The second kappa shape index (κ2) is 7.98. The topological polar surface area (TPSA) is 51.4 Å².